The fourth-order valence-electron chi connectivity index (χ4n) is 0.924. The molecule has 2 nitrogen and oxygen atoms in total. The highest BCUT2D eigenvalue weighted by Crippen LogP contribution is 2.34. The molecular formula is C9H9ClO2. The maximum Gasteiger partial charge on any atom is 0.176 e. The second-order valence-corrected chi connectivity index (χ2v) is 2.85. The average molecular weight is 185 g/mol. The molecule has 12 heavy (non-hydrogen) atoms. The van der Waals surface area contributed by atoms with Crippen LogP contribution >= 0.6 is 11.6 Å². The summed E-state index contributed by atoms with van der Waals surface area (Å²) in [5.41, 5.74) is 0.824. The van der Waals surface area contributed by atoms with Crippen LogP contribution in [0.15, 0.2) is 24.8 Å². The molecule has 0 spiro atoms. The average Bonchev–Trinajstić information content (AvgIpc) is 2.01. The van der Waals surface area contributed by atoms with Crippen LogP contribution in [-0.2, 0) is 6.42 Å². The Hall–Kier alpha value is -1.15. The molecule has 0 fully saturated rings. The first-order valence-corrected chi connectivity index (χ1v) is 3.84. The van der Waals surface area contributed by atoms with Crippen molar-refractivity contribution in [2.24, 2.45) is 0 Å². The number of phenols is 2. The molecule has 0 saturated heterocycles. The SMILES string of the molecule is C=CCc1cc(O)c(O)c(Cl)c1. The summed E-state index contributed by atoms with van der Waals surface area (Å²) in [7, 11) is 0. The first-order chi connectivity index (χ1) is 5.65. The van der Waals surface area contributed by atoms with Crippen LogP contribution in [0, 0.1) is 0 Å². The number of rotatable bonds is 2. The van der Waals surface area contributed by atoms with E-state index in [2.05, 4.69) is 6.58 Å². The quantitative estimate of drug-likeness (QED) is 0.548. The van der Waals surface area contributed by atoms with E-state index in [9.17, 15) is 0 Å². The summed E-state index contributed by atoms with van der Waals surface area (Å²) in [6.07, 6.45) is 2.32. The molecule has 0 radical (unpaired) electrons. The number of aromatic hydroxyl groups is 2. The van der Waals surface area contributed by atoms with Gasteiger partial charge in [0.15, 0.2) is 11.5 Å². The molecule has 0 aliphatic carbocycles. The van der Waals surface area contributed by atoms with Gasteiger partial charge in [-0.3, -0.25) is 0 Å². The molecule has 64 valence electrons. The summed E-state index contributed by atoms with van der Waals surface area (Å²) in [4.78, 5) is 0. The van der Waals surface area contributed by atoms with Gasteiger partial charge in [0, 0.05) is 0 Å². The van der Waals surface area contributed by atoms with Gasteiger partial charge in [0.2, 0.25) is 0 Å². The van der Waals surface area contributed by atoms with E-state index in [0.29, 0.717) is 6.42 Å². The summed E-state index contributed by atoms with van der Waals surface area (Å²) in [5.74, 6) is -0.469. The molecule has 0 saturated carbocycles. The van der Waals surface area contributed by atoms with Gasteiger partial charge >= 0.3 is 0 Å². The van der Waals surface area contributed by atoms with Crippen LogP contribution in [0.25, 0.3) is 0 Å². The largest absolute Gasteiger partial charge is 0.504 e. The van der Waals surface area contributed by atoms with Gasteiger partial charge in [0.05, 0.1) is 5.02 Å². The first-order valence-electron chi connectivity index (χ1n) is 3.46. The zero-order chi connectivity index (χ0) is 9.14. The van der Waals surface area contributed by atoms with E-state index in [1.54, 1.807) is 12.1 Å². The van der Waals surface area contributed by atoms with E-state index in [-0.39, 0.29) is 16.5 Å². The van der Waals surface area contributed by atoms with E-state index < -0.39 is 0 Å². The minimum Gasteiger partial charge on any atom is -0.504 e. The third kappa shape index (κ3) is 1.71. The first kappa shape index (κ1) is 8.94. The maximum atomic E-state index is 9.14. The zero-order valence-corrected chi connectivity index (χ0v) is 7.17. The van der Waals surface area contributed by atoms with Gasteiger partial charge in [-0.1, -0.05) is 17.7 Å². The van der Waals surface area contributed by atoms with Gasteiger partial charge in [-0.05, 0) is 24.1 Å². The Kier molecular flexibility index (Phi) is 2.61. The van der Waals surface area contributed by atoms with Gasteiger partial charge in [-0.25, -0.2) is 0 Å². The smallest absolute Gasteiger partial charge is 0.176 e. The fraction of sp³-hybridized carbons (Fsp3) is 0.111. The van der Waals surface area contributed by atoms with Crippen molar-refractivity contribution in [3.05, 3.63) is 35.4 Å². The van der Waals surface area contributed by atoms with Gasteiger partial charge < -0.3 is 10.2 Å². The number of halogens is 1. The lowest BCUT2D eigenvalue weighted by molar-refractivity contribution is 0.403. The summed E-state index contributed by atoms with van der Waals surface area (Å²) < 4.78 is 0. The van der Waals surface area contributed by atoms with Crippen LogP contribution in [-0.4, -0.2) is 10.2 Å². The Bertz CT molecular complexity index is 284. The lowest BCUT2D eigenvalue weighted by atomic mass is 10.1. The van der Waals surface area contributed by atoms with E-state index in [0.717, 1.165) is 5.56 Å². The molecule has 3 heteroatoms. The highest BCUT2D eigenvalue weighted by Gasteiger charge is 2.05. The van der Waals surface area contributed by atoms with Gasteiger partial charge in [-0.2, -0.15) is 0 Å². The maximum absolute atomic E-state index is 9.14. The van der Waals surface area contributed by atoms with E-state index >= 15 is 0 Å². The number of phenolic OH excluding ortho intramolecular Hbond substituents is 2. The van der Waals surface area contributed by atoms with Crippen molar-refractivity contribution in [3.8, 4) is 11.5 Å². The van der Waals surface area contributed by atoms with Gasteiger partial charge in [-0.15, -0.1) is 6.58 Å². The molecule has 0 aliphatic heterocycles. The van der Waals surface area contributed by atoms with Crippen molar-refractivity contribution < 1.29 is 10.2 Å². The standard InChI is InChI=1S/C9H9ClO2/c1-2-3-6-4-7(10)9(12)8(11)5-6/h2,4-5,11-12H,1,3H2. The summed E-state index contributed by atoms with van der Waals surface area (Å²) in [6.45, 7) is 3.55. The van der Waals surface area contributed by atoms with Crippen LogP contribution < -0.4 is 0 Å². The van der Waals surface area contributed by atoms with E-state index in [4.69, 9.17) is 21.8 Å². The zero-order valence-electron chi connectivity index (χ0n) is 6.42. The molecule has 0 unspecified atom stereocenters. The minimum atomic E-state index is -0.274. The second kappa shape index (κ2) is 3.50. The second-order valence-electron chi connectivity index (χ2n) is 2.44. The highest BCUT2D eigenvalue weighted by atomic mass is 35.5. The lowest BCUT2D eigenvalue weighted by Gasteiger charge is -2.02. The molecule has 1 aromatic carbocycles. The van der Waals surface area contributed by atoms with Crippen molar-refractivity contribution in [2.45, 2.75) is 6.42 Å². The molecular weight excluding hydrogens is 176 g/mol. The Balaban J connectivity index is 3.11. The van der Waals surface area contributed by atoms with E-state index in [1.165, 1.54) is 6.07 Å². The Morgan fingerprint density at radius 1 is 1.42 bits per heavy atom. The van der Waals surface area contributed by atoms with Crippen molar-refractivity contribution >= 4 is 11.6 Å². The fourth-order valence-corrected chi connectivity index (χ4v) is 1.16. The monoisotopic (exact) mass is 184 g/mol. The van der Waals surface area contributed by atoms with Crippen LogP contribution in [0.1, 0.15) is 5.56 Å². The van der Waals surface area contributed by atoms with Crippen molar-refractivity contribution in [2.75, 3.05) is 0 Å². The molecule has 0 heterocycles. The number of benzene rings is 1. The van der Waals surface area contributed by atoms with Crippen LogP contribution in [0.4, 0.5) is 0 Å². The molecule has 2 N–H and O–H groups in total. The molecule has 0 aliphatic rings. The predicted molar refractivity (Wildman–Crippen MR) is 48.7 cm³/mol. The molecule has 0 atom stereocenters. The molecule has 0 bridgehead atoms. The van der Waals surface area contributed by atoms with Crippen LogP contribution in [0.5, 0.6) is 11.5 Å². The predicted octanol–water partition coefficient (Wildman–Crippen LogP) is 2.48. The molecule has 1 aromatic rings. The minimum absolute atomic E-state index is 0.159. The molecule has 0 aromatic heterocycles. The summed E-state index contributed by atoms with van der Waals surface area (Å²) in [6, 6.07) is 3.06. The van der Waals surface area contributed by atoms with Gasteiger partial charge in [0.1, 0.15) is 0 Å². The van der Waals surface area contributed by atoms with Gasteiger partial charge in [0.25, 0.3) is 0 Å². The Morgan fingerprint density at radius 2 is 2.08 bits per heavy atom. The van der Waals surface area contributed by atoms with Crippen molar-refractivity contribution in [1.82, 2.24) is 0 Å². The third-order valence-electron chi connectivity index (χ3n) is 1.48. The number of hydrogen-bond donors (Lipinski definition) is 2. The topological polar surface area (TPSA) is 40.5 Å². The Morgan fingerprint density at radius 3 is 2.58 bits per heavy atom. The molecule has 0 amide bonds. The summed E-state index contributed by atoms with van der Waals surface area (Å²) in [5, 5.41) is 18.4. The van der Waals surface area contributed by atoms with Crippen molar-refractivity contribution in [3.63, 3.8) is 0 Å². The lowest BCUT2D eigenvalue weighted by Crippen LogP contribution is -1.81. The van der Waals surface area contributed by atoms with Crippen LogP contribution in [0.2, 0.25) is 5.02 Å². The van der Waals surface area contributed by atoms with E-state index in [1.807, 2.05) is 0 Å². The van der Waals surface area contributed by atoms with Crippen LogP contribution in [0.3, 0.4) is 0 Å². The normalized spacial score (nSPS) is 9.75. The third-order valence-corrected chi connectivity index (χ3v) is 1.77. The highest BCUT2D eigenvalue weighted by molar-refractivity contribution is 6.32. The van der Waals surface area contributed by atoms with Crippen molar-refractivity contribution in [1.29, 1.82) is 0 Å². The number of allylic oxidation sites excluding steroid dienone is 1. The summed E-state index contributed by atoms with van der Waals surface area (Å²) >= 11 is 5.61. The number of hydrogen-bond acceptors (Lipinski definition) is 2. The molecule has 1 rings (SSSR count). The Labute approximate surface area is 75.7 Å².